The minimum atomic E-state index is -4.91. The second-order valence-corrected chi connectivity index (χ2v) is 8.54. The van der Waals surface area contributed by atoms with Gasteiger partial charge in [-0.1, -0.05) is 26.0 Å². The first-order chi connectivity index (χ1) is 14.5. The van der Waals surface area contributed by atoms with Gasteiger partial charge in [-0.15, -0.1) is 0 Å². The number of methoxy groups -OCH3 is 1. The Labute approximate surface area is 176 Å². The average molecular weight is 437 g/mol. The van der Waals surface area contributed by atoms with Crippen LogP contribution in [0.5, 0.6) is 5.75 Å². The highest BCUT2D eigenvalue weighted by atomic mass is 19.4. The maximum absolute atomic E-state index is 14.4. The van der Waals surface area contributed by atoms with Crippen molar-refractivity contribution in [3.8, 4) is 5.75 Å². The molecule has 0 amide bonds. The van der Waals surface area contributed by atoms with E-state index in [-0.39, 0.29) is 17.9 Å². The number of aromatic nitrogens is 2. The predicted octanol–water partition coefficient (Wildman–Crippen LogP) is 4.29. The van der Waals surface area contributed by atoms with Crippen LogP contribution >= 0.6 is 0 Å². The molecule has 0 saturated carbocycles. The number of nitrogens with one attached hydrogen (secondary N) is 1. The van der Waals surface area contributed by atoms with E-state index >= 15 is 0 Å². The summed E-state index contributed by atoms with van der Waals surface area (Å²) in [6, 6.07) is 6.23. The number of hydrogen-bond acceptors (Lipinski definition) is 4. The van der Waals surface area contributed by atoms with E-state index in [0.29, 0.717) is 11.1 Å². The summed E-state index contributed by atoms with van der Waals surface area (Å²) >= 11 is 0. The zero-order chi connectivity index (χ0) is 22.6. The third kappa shape index (κ3) is 3.36. The van der Waals surface area contributed by atoms with Crippen LogP contribution < -0.4 is 10.1 Å². The number of aliphatic hydroxyl groups is 1. The van der Waals surface area contributed by atoms with Crippen molar-refractivity contribution in [3.63, 3.8) is 0 Å². The smallest absolute Gasteiger partial charge is 0.419 e. The van der Waals surface area contributed by atoms with Gasteiger partial charge >= 0.3 is 6.18 Å². The summed E-state index contributed by atoms with van der Waals surface area (Å²) in [6.07, 6.45) is -2.27. The monoisotopic (exact) mass is 437 g/mol. The molecule has 1 aliphatic carbocycles. The number of ether oxygens (including phenoxy) is 1. The van der Waals surface area contributed by atoms with Crippen LogP contribution in [0.15, 0.2) is 42.7 Å². The predicted molar refractivity (Wildman–Crippen MR) is 106 cm³/mol. The van der Waals surface area contributed by atoms with Gasteiger partial charge < -0.3 is 15.2 Å². The largest absolute Gasteiger partial charge is 0.493 e. The number of hydrogen-bond donors (Lipinski definition) is 2. The number of alkyl halides is 3. The van der Waals surface area contributed by atoms with Gasteiger partial charge in [0.05, 0.1) is 24.9 Å². The standard InChI is InChI=1S/C22H23F4N3O2/c1-20(2)12-21(30,22(24,25)26)19(14-7-8-15(23)18(31-3)17(14)20)27-10-13-11-28-29-9-5-4-6-16(13)29/h4-9,11,19,27,30H,10,12H2,1-3H3/t19-,21+/m1/s1. The minimum absolute atomic E-state index is 0.0239. The lowest BCUT2D eigenvalue weighted by atomic mass is 9.63. The zero-order valence-electron chi connectivity index (χ0n) is 17.3. The zero-order valence-corrected chi connectivity index (χ0v) is 17.3. The van der Waals surface area contributed by atoms with E-state index < -0.39 is 35.5 Å². The fourth-order valence-corrected chi connectivity index (χ4v) is 4.71. The first kappa shape index (κ1) is 21.6. The molecular weight excluding hydrogens is 414 g/mol. The van der Waals surface area contributed by atoms with Crippen molar-refractivity contribution in [2.45, 2.75) is 50.0 Å². The molecule has 0 aliphatic heterocycles. The molecule has 0 bridgehead atoms. The topological polar surface area (TPSA) is 58.8 Å². The maximum atomic E-state index is 14.4. The SMILES string of the molecule is COc1c(F)ccc2c1C(C)(C)C[C@@](O)(C(F)(F)F)[C@@H]2NCc1cnn2ccccc12. The first-order valence-corrected chi connectivity index (χ1v) is 9.80. The second kappa shape index (κ2) is 7.20. The number of fused-ring (bicyclic) bond motifs is 2. The molecule has 4 rings (SSSR count). The van der Waals surface area contributed by atoms with Crippen molar-refractivity contribution in [3.05, 3.63) is 65.2 Å². The van der Waals surface area contributed by atoms with Gasteiger partial charge in [-0.05, 0) is 35.6 Å². The van der Waals surface area contributed by atoms with E-state index in [0.717, 1.165) is 11.6 Å². The Morgan fingerprint density at radius 3 is 2.68 bits per heavy atom. The summed E-state index contributed by atoms with van der Waals surface area (Å²) in [7, 11) is 1.28. The van der Waals surface area contributed by atoms with Crippen LogP contribution in [0.2, 0.25) is 0 Å². The van der Waals surface area contributed by atoms with E-state index in [9.17, 15) is 22.7 Å². The molecule has 0 radical (unpaired) electrons. The highest BCUT2D eigenvalue weighted by Gasteiger charge is 2.64. The highest BCUT2D eigenvalue weighted by molar-refractivity contribution is 5.54. The number of pyridine rings is 1. The quantitative estimate of drug-likeness (QED) is 0.598. The fourth-order valence-electron chi connectivity index (χ4n) is 4.71. The molecule has 5 nitrogen and oxygen atoms in total. The average Bonchev–Trinajstić information content (AvgIpc) is 3.10. The molecule has 1 aliphatic rings. The summed E-state index contributed by atoms with van der Waals surface area (Å²) in [6.45, 7) is 3.12. The number of nitrogens with zero attached hydrogens (tertiary/aromatic N) is 2. The molecule has 0 unspecified atom stereocenters. The Hall–Kier alpha value is -2.65. The Morgan fingerprint density at radius 2 is 2.00 bits per heavy atom. The van der Waals surface area contributed by atoms with Crippen molar-refractivity contribution in [1.29, 1.82) is 0 Å². The van der Waals surface area contributed by atoms with E-state index in [1.165, 1.54) is 13.2 Å². The molecule has 9 heteroatoms. The Bertz CT molecular complexity index is 1130. The van der Waals surface area contributed by atoms with Gasteiger partial charge in [-0.25, -0.2) is 8.91 Å². The molecule has 0 saturated heterocycles. The van der Waals surface area contributed by atoms with Crippen LogP contribution in [-0.2, 0) is 12.0 Å². The van der Waals surface area contributed by atoms with Crippen LogP contribution in [0.3, 0.4) is 0 Å². The van der Waals surface area contributed by atoms with Gasteiger partial charge in [0.25, 0.3) is 0 Å². The van der Waals surface area contributed by atoms with Crippen LogP contribution in [0.4, 0.5) is 17.6 Å². The Balaban J connectivity index is 1.83. The van der Waals surface area contributed by atoms with E-state index in [2.05, 4.69) is 10.4 Å². The summed E-state index contributed by atoms with van der Waals surface area (Å²) in [5, 5.41) is 18.1. The lowest BCUT2D eigenvalue weighted by molar-refractivity contribution is -0.281. The van der Waals surface area contributed by atoms with Gasteiger partial charge in [-0.2, -0.15) is 18.3 Å². The highest BCUT2D eigenvalue weighted by Crippen LogP contribution is 2.55. The number of halogens is 4. The molecule has 31 heavy (non-hydrogen) atoms. The van der Waals surface area contributed by atoms with Crippen molar-refractivity contribution < 1.29 is 27.4 Å². The first-order valence-electron chi connectivity index (χ1n) is 9.80. The molecule has 166 valence electrons. The van der Waals surface area contributed by atoms with Crippen molar-refractivity contribution in [1.82, 2.24) is 14.9 Å². The van der Waals surface area contributed by atoms with Gasteiger partial charge in [0, 0.05) is 23.9 Å². The summed E-state index contributed by atoms with van der Waals surface area (Å²) < 4.78 is 63.8. The molecule has 2 N–H and O–H groups in total. The van der Waals surface area contributed by atoms with Crippen molar-refractivity contribution >= 4 is 5.52 Å². The maximum Gasteiger partial charge on any atom is 0.419 e. The van der Waals surface area contributed by atoms with Gasteiger partial charge in [0.1, 0.15) is 0 Å². The normalized spacial score (nSPS) is 23.0. The second-order valence-electron chi connectivity index (χ2n) is 8.54. The third-order valence-corrected chi connectivity index (χ3v) is 6.02. The lowest BCUT2D eigenvalue weighted by Crippen LogP contribution is -2.60. The van der Waals surface area contributed by atoms with E-state index in [1.54, 1.807) is 49.0 Å². The molecule has 3 aromatic rings. The minimum Gasteiger partial charge on any atom is -0.493 e. The fraction of sp³-hybridized carbons (Fsp3) is 0.409. The van der Waals surface area contributed by atoms with Gasteiger partial charge in [-0.3, -0.25) is 0 Å². The lowest BCUT2D eigenvalue weighted by Gasteiger charge is -2.49. The van der Waals surface area contributed by atoms with Crippen molar-refractivity contribution in [2.24, 2.45) is 0 Å². The van der Waals surface area contributed by atoms with Crippen LogP contribution in [0.25, 0.3) is 5.52 Å². The van der Waals surface area contributed by atoms with E-state index in [4.69, 9.17) is 4.74 Å². The number of benzene rings is 1. The molecular formula is C22H23F4N3O2. The van der Waals surface area contributed by atoms with Crippen molar-refractivity contribution in [2.75, 3.05) is 7.11 Å². The van der Waals surface area contributed by atoms with Gasteiger partial charge in [0.15, 0.2) is 17.2 Å². The molecule has 2 heterocycles. The third-order valence-electron chi connectivity index (χ3n) is 6.02. The summed E-state index contributed by atoms with van der Waals surface area (Å²) in [4.78, 5) is 0. The van der Waals surface area contributed by atoms with Crippen LogP contribution in [0, 0.1) is 5.82 Å². The Kier molecular flexibility index (Phi) is 5.01. The van der Waals surface area contributed by atoms with Crippen LogP contribution in [-0.4, -0.2) is 33.6 Å². The molecule has 0 spiro atoms. The Morgan fingerprint density at radius 1 is 1.26 bits per heavy atom. The summed E-state index contributed by atoms with van der Waals surface area (Å²) in [5.41, 5.74) is -2.36. The number of rotatable bonds is 4. The molecule has 1 aromatic carbocycles. The molecule has 2 aromatic heterocycles. The summed E-state index contributed by atoms with van der Waals surface area (Å²) in [5.74, 6) is -0.761. The van der Waals surface area contributed by atoms with E-state index in [1.807, 2.05) is 0 Å². The molecule has 0 fully saturated rings. The van der Waals surface area contributed by atoms with Crippen LogP contribution in [0.1, 0.15) is 43.0 Å². The molecule has 2 atom stereocenters. The van der Waals surface area contributed by atoms with Gasteiger partial charge in [0.2, 0.25) is 0 Å².